The van der Waals surface area contributed by atoms with Crippen molar-refractivity contribution in [2.24, 2.45) is 5.92 Å². The number of aliphatic hydroxyl groups excluding tert-OH is 1. The molecule has 2 N–H and O–H groups in total. The van der Waals surface area contributed by atoms with E-state index < -0.39 is 10.0 Å². The first-order valence-corrected chi connectivity index (χ1v) is 6.14. The Labute approximate surface area is 79.4 Å². The fourth-order valence-corrected chi connectivity index (χ4v) is 2.79. The molecule has 1 saturated carbocycles. The van der Waals surface area contributed by atoms with E-state index in [0.717, 1.165) is 12.8 Å². The van der Waals surface area contributed by atoms with Crippen molar-refractivity contribution < 1.29 is 13.5 Å². The standard InChI is InChI=1S/C8H17NO3S/c1-6(2)8(5-10)9-13(11,12)7-3-4-7/h6-10H,3-5H2,1-2H3/t8-/m1/s1. The first-order valence-electron chi connectivity index (χ1n) is 4.59. The van der Waals surface area contributed by atoms with E-state index in [1.807, 2.05) is 13.8 Å². The summed E-state index contributed by atoms with van der Waals surface area (Å²) in [6.07, 6.45) is 1.51. The van der Waals surface area contributed by atoms with Crippen LogP contribution in [0.5, 0.6) is 0 Å². The molecule has 0 aliphatic heterocycles. The highest BCUT2D eigenvalue weighted by atomic mass is 32.2. The molecule has 0 heterocycles. The van der Waals surface area contributed by atoms with Gasteiger partial charge in [0.1, 0.15) is 0 Å². The molecule has 0 aromatic rings. The summed E-state index contributed by atoms with van der Waals surface area (Å²) >= 11 is 0. The number of sulfonamides is 1. The number of aliphatic hydroxyl groups is 1. The van der Waals surface area contributed by atoms with Crippen molar-refractivity contribution in [1.82, 2.24) is 4.72 Å². The molecule has 0 saturated heterocycles. The Hall–Kier alpha value is -0.130. The summed E-state index contributed by atoms with van der Waals surface area (Å²) < 4.78 is 25.4. The summed E-state index contributed by atoms with van der Waals surface area (Å²) in [6.45, 7) is 3.64. The van der Waals surface area contributed by atoms with Gasteiger partial charge < -0.3 is 5.11 Å². The van der Waals surface area contributed by atoms with Gasteiger partial charge in [-0.1, -0.05) is 13.8 Å². The molecule has 5 heteroatoms. The van der Waals surface area contributed by atoms with Gasteiger partial charge in [0, 0.05) is 6.04 Å². The lowest BCUT2D eigenvalue weighted by Crippen LogP contribution is -2.42. The second kappa shape index (κ2) is 3.94. The summed E-state index contributed by atoms with van der Waals surface area (Å²) in [5.41, 5.74) is 0. The molecule has 0 amide bonds. The zero-order valence-corrected chi connectivity index (χ0v) is 8.84. The van der Waals surface area contributed by atoms with Gasteiger partial charge in [0.2, 0.25) is 10.0 Å². The monoisotopic (exact) mass is 207 g/mol. The fraction of sp³-hybridized carbons (Fsp3) is 1.00. The summed E-state index contributed by atoms with van der Waals surface area (Å²) in [6, 6.07) is -0.342. The van der Waals surface area contributed by atoms with E-state index in [1.54, 1.807) is 0 Å². The Kier molecular flexibility index (Phi) is 3.32. The summed E-state index contributed by atoms with van der Waals surface area (Å²) in [5, 5.41) is 8.73. The third-order valence-electron chi connectivity index (χ3n) is 2.28. The van der Waals surface area contributed by atoms with Crippen LogP contribution in [-0.2, 0) is 10.0 Å². The zero-order valence-electron chi connectivity index (χ0n) is 8.03. The van der Waals surface area contributed by atoms with Crippen LogP contribution in [0, 0.1) is 5.92 Å². The highest BCUT2D eigenvalue weighted by Crippen LogP contribution is 2.27. The molecule has 1 atom stereocenters. The Bertz CT molecular complexity index is 257. The lowest BCUT2D eigenvalue weighted by atomic mass is 10.1. The van der Waals surface area contributed by atoms with Gasteiger partial charge in [-0.25, -0.2) is 13.1 Å². The van der Waals surface area contributed by atoms with Crippen molar-refractivity contribution in [3.63, 3.8) is 0 Å². The maximum absolute atomic E-state index is 11.4. The van der Waals surface area contributed by atoms with Crippen LogP contribution in [0.1, 0.15) is 26.7 Å². The molecule has 1 aliphatic rings. The van der Waals surface area contributed by atoms with E-state index in [9.17, 15) is 8.42 Å². The Morgan fingerprint density at radius 2 is 2.00 bits per heavy atom. The minimum Gasteiger partial charge on any atom is -0.395 e. The van der Waals surface area contributed by atoms with Crippen molar-refractivity contribution in [2.75, 3.05) is 6.61 Å². The third kappa shape index (κ3) is 2.93. The molecule has 0 bridgehead atoms. The fourth-order valence-electron chi connectivity index (χ4n) is 1.07. The van der Waals surface area contributed by atoms with Crippen molar-refractivity contribution in [2.45, 2.75) is 38.0 Å². The lowest BCUT2D eigenvalue weighted by Gasteiger charge is -2.19. The maximum atomic E-state index is 11.4. The average Bonchev–Trinajstić information content (AvgIpc) is 2.81. The highest BCUT2D eigenvalue weighted by molar-refractivity contribution is 7.90. The SMILES string of the molecule is CC(C)[C@@H](CO)NS(=O)(=O)C1CC1. The topological polar surface area (TPSA) is 66.4 Å². The van der Waals surface area contributed by atoms with E-state index in [2.05, 4.69) is 4.72 Å². The molecule has 0 radical (unpaired) electrons. The number of nitrogens with one attached hydrogen (secondary N) is 1. The zero-order chi connectivity index (χ0) is 10.1. The Balaban J connectivity index is 2.54. The van der Waals surface area contributed by atoms with E-state index in [0.29, 0.717) is 0 Å². The van der Waals surface area contributed by atoms with Crippen LogP contribution in [0.4, 0.5) is 0 Å². The van der Waals surface area contributed by atoms with Gasteiger partial charge in [0.25, 0.3) is 0 Å². The van der Waals surface area contributed by atoms with Crippen LogP contribution in [0.15, 0.2) is 0 Å². The van der Waals surface area contributed by atoms with Crippen LogP contribution in [-0.4, -0.2) is 31.4 Å². The molecule has 78 valence electrons. The predicted octanol–water partition coefficient (Wildman–Crippen LogP) is 0.0851. The van der Waals surface area contributed by atoms with Crippen molar-refractivity contribution >= 4 is 10.0 Å². The van der Waals surface area contributed by atoms with Crippen LogP contribution in [0.3, 0.4) is 0 Å². The first-order chi connectivity index (χ1) is 5.97. The lowest BCUT2D eigenvalue weighted by molar-refractivity contribution is 0.227. The summed E-state index contributed by atoms with van der Waals surface area (Å²) in [4.78, 5) is 0. The molecule has 0 aromatic heterocycles. The maximum Gasteiger partial charge on any atom is 0.214 e. The van der Waals surface area contributed by atoms with Crippen LogP contribution < -0.4 is 4.72 Å². The average molecular weight is 207 g/mol. The minimum absolute atomic E-state index is 0.124. The third-order valence-corrected chi connectivity index (χ3v) is 4.26. The molecule has 0 spiro atoms. The molecule has 1 aliphatic carbocycles. The van der Waals surface area contributed by atoms with Crippen LogP contribution >= 0.6 is 0 Å². The second-order valence-corrected chi connectivity index (χ2v) is 5.89. The van der Waals surface area contributed by atoms with Gasteiger partial charge >= 0.3 is 0 Å². The number of hydrogen-bond acceptors (Lipinski definition) is 3. The Morgan fingerprint density at radius 1 is 1.46 bits per heavy atom. The van der Waals surface area contributed by atoms with E-state index in [4.69, 9.17) is 5.11 Å². The molecule has 13 heavy (non-hydrogen) atoms. The van der Waals surface area contributed by atoms with Gasteiger partial charge in [-0.3, -0.25) is 0 Å². The van der Waals surface area contributed by atoms with Gasteiger partial charge in [-0.05, 0) is 18.8 Å². The minimum atomic E-state index is -3.15. The first kappa shape index (κ1) is 10.9. The van der Waals surface area contributed by atoms with Crippen molar-refractivity contribution in [1.29, 1.82) is 0 Å². The summed E-state index contributed by atoms with van der Waals surface area (Å²) in [5.74, 6) is 0.124. The highest BCUT2D eigenvalue weighted by Gasteiger charge is 2.37. The molecular formula is C8H17NO3S. The summed E-state index contributed by atoms with van der Waals surface area (Å²) in [7, 11) is -3.15. The van der Waals surface area contributed by atoms with Crippen LogP contribution in [0.2, 0.25) is 0 Å². The van der Waals surface area contributed by atoms with E-state index in [-0.39, 0.29) is 23.8 Å². The predicted molar refractivity (Wildman–Crippen MR) is 50.8 cm³/mol. The molecule has 4 nitrogen and oxygen atoms in total. The second-order valence-electron chi connectivity index (χ2n) is 3.90. The quantitative estimate of drug-likeness (QED) is 0.671. The van der Waals surface area contributed by atoms with Crippen molar-refractivity contribution in [3.05, 3.63) is 0 Å². The molecular weight excluding hydrogens is 190 g/mol. The van der Waals surface area contributed by atoms with E-state index >= 15 is 0 Å². The molecule has 1 fully saturated rings. The van der Waals surface area contributed by atoms with Crippen molar-refractivity contribution in [3.8, 4) is 0 Å². The van der Waals surface area contributed by atoms with Gasteiger partial charge in [0.15, 0.2) is 0 Å². The van der Waals surface area contributed by atoms with Gasteiger partial charge in [-0.15, -0.1) is 0 Å². The van der Waals surface area contributed by atoms with E-state index in [1.165, 1.54) is 0 Å². The van der Waals surface area contributed by atoms with Crippen LogP contribution in [0.25, 0.3) is 0 Å². The Morgan fingerprint density at radius 3 is 2.31 bits per heavy atom. The molecule has 1 rings (SSSR count). The smallest absolute Gasteiger partial charge is 0.214 e. The largest absolute Gasteiger partial charge is 0.395 e. The molecule has 0 unspecified atom stereocenters. The van der Waals surface area contributed by atoms with Gasteiger partial charge in [0.05, 0.1) is 11.9 Å². The van der Waals surface area contributed by atoms with Gasteiger partial charge in [-0.2, -0.15) is 0 Å². The number of hydrogen-bond donors (Lipinski definition) is 2. The molecule has 0 aromatic carbocycles. The normalized spacial score (nSPS) is 20.6. The number of rotatable bonds is 5.